The van der Waals surface area contributed by atoms with Gasteiger partial charge in [0.1, 0.15) is 41.1 Å². The van der Waals surface area contributed by atoms with Gasteiger partial charge in [-0.05, 0) is 97.7 Å². The number of phenolic OH excluding ortho intramolecular Hbond substituents is 4. The van der Waals surface area contributed by atoms with E-state index in [4.69, 9.17) is 0 Å². The predicted molar refractivity (Wildman–Crippen MR) is 407 cm³/mol. The summed E-state index contributed by atoms with van der Waals surface area (Å²) in [5.74, 6) is -9.14. The Bertz CT molecular complexity index is 4310. The van der Waals surface area contributed by atoms with Crippen LogP contribution in [0.3, 0.4) is 0 Å². The minimum absolute atomic E-state index is 0.00455. The molecule has 3 aliphatic rings. The number of hydrogen-bond donors (Lipinski definition) is 12. The van der Waals surface area contributed by atoms with Gasteiger partial charge in [0.2, 0.25) is 35.3 Å². The first-order chi connectivity index (χ1) is 53.4. The highest BCUT2D eigenvalue weighted by Crippen LogP contribution is 2.40. The van der Waals surface area contributed by atoms with E-state index in [1.165, 1.54) is 42.9 Å². The number of piperazine rings is 2. The minimum Gasteiger partial charge on any atom is -0.508 e. The molecule has 0 spiro atoms. The standard InChI is InChI=1S/C76H102N18O18/c1-8-77-73(108)70-83-81-68(55-36-53(46(3)4)59(95)39-61(55)97)93(70)51-14-10-49(11-15-51)41-85-26-32-91(33-27-85)64(100)38-57(80-63(99)19-18-58(76(111)112)90-30-24-88(44-66(103)104)22-20-87(43-65(101)102)21-23-89(25-31-90)45-67(105)106)72(107)79-48(7)75(110)92-34-28-86(29-35-92)42-50-12-16-52(17-13-50)94-69(82-84-71(94)74(109)78-9-2)56-37-54(47(5)6)60(96)40-62(56)98/h10-17,36-37,39-40,46-48,57-58,95-98H,8-9,18-35,38,41-45H2,1-7H3,(H,77,108)(H,78,109)(H,79,107)(H,80,99)(H,101,102)(H,103,104)(H,105,106)(H,111,112)/t48-,57+,58+/m0/s1. The third-order valence-electron chi connectivity index (χ3n) is 20.1. The summed E-state index contributed by atoms with van der Waals surface area (Å²) in [5.41, 5.74) is 4.40. The first-order valence-electron chi connectivity index (χ1n) is 37.6. The zero-order chi connectivity index (χ0) is 81.2. The molecule has 36 nitrogen and oxygen atoms in total. The van der Waals surface area contributed by atoms with E-state index in [-0.39, 0.29) is 161 Å². The number of phenols is 4. The molecule has 3 fully saturated rings. The van der Waals surface area contributed by atoms with Crippen molar-refractivity contribution in [2.75, 3.05) is 137 Å². The highest BCUT2D eigenvalue weighted by molar-refractivity contribution is 5.96. The second-order valence-electron chi connectivity index (χ2n) is 28.8. The molecule has 6 amide bonds. The number of nitrogens with one attached hydrogen (secondary N) is 4. The van der Waals surface area contributed by atoms with Gasteiger partial charge < -0.3 is 71.9 Å². The van der Waals surface area contributed by atoms with E-state index in [1.807, 2.05) is 52.0 Å². The van der Waals surface area contributed by atoms with E-state index >= 15 is 0 Å². The average Bonchev–Trinajstić information content (AvgIpc) is 1.55. The van der Waals surface area contributed by atoms with Crippen molar-refractivity contribution in [3.05, 3.63) is 107 Å². The number of carbonyl (C=O) groups is 10. The molecule has 9 rings (SSSR count). The molecule has 3 aliphatic heterocycles. The maximum Gasteiger partial charge on any atom is 0.320 e. The van der Waals surface area contributed by atoms with Crippen molar-refractivity contribution in [3.63, 3.8) is 0 Å². The fraction of sp³-hybridized carbons (Fsp3) is 0.500. The number of rotatable bonds is 31. The molecule has 604 valence electrons. The van der Waals surface area contributed by atoms with E-state index in [9.17, 15) is 88.8 Å². The van der Waals surface area contributed by atoms with Crippen LogP contribution in [0.15, 0.2) is 72.8 Å². The second-order valence-corrected chi connectivity index (χ2v) is 28.8. The van der Waals surface area contributed by atoms with Gasteiger partial charge in [-0.1, -0.05) is 52.0 Å². The Morgan fingerprint density at radius 3 is 1.21 bits per heavy atom. The van der Waals surface area contributed by atoms with Gasteiger partial charge in [0.15, 0.2) is 11.6 Å². The number of aromatic nitrogens is 6. The van der Waals surface area contributed by atoms with Crippen molar-refractivity contribution in [2.24, 2.45) is 0 Å². The number of nitrogens with zero attached hydrogens (tertiary/aromatic N) is 14. The van der Waals surface area contributed by atoms with Crippen LogP contribution in [-0.2, 0) is 51.4 Å². The van der Waals surface area contributed by atoms with Crippen LogP contribution < -0.4 is 21.3 Å². The van der Waals surface area contributed by atoms with Crippen LogP contribution in [0.4, 0.5) is 0 Å². The molecule has 36 heteroatoms. The molecule has 0 saturated carbocycles. The van der Waals surface area contributed by atoms with E-state index < -0.39 is 103 Å². The summed E-state index contributed by atoms with van der Waals surface area (Å²) >= 11 is 0. The molecule has 5 heterocycles. The van der Waals surface area contributed by atoms with Gasteiger partial charge in [0.25, 0.3) is 11.8 Å². The molecule has 0 bridgehead atoms. The predicted octanol–water partition coefficient (Wildman–Crippen LogP) is 1.83. The van der Waals surface area contributed by atoms with Gasteiger partial charge in [-0.2, -0.15) is 0 Å². The van der Waals surface area contributed by atoms with Crippen LogP contribution in [-0.4, -0.2) is 324 Å². The Morgan fingerprint density at radius 2 is 0.839 bits per heavy atom. The lowest BCUT2D eigenvalue weighted by molar-refractivity contribution is -0.145. The minimum atomic E-state index is -1.57. The van der Waals surface area contributed by atoms with Gasteiger partial charge >= 0.3 is 23.9 Å². The molecule has 3 atom stereocenters. The van der Waals surface area contributed by atoms with Gasteiger partial charge in [-0.25, -0.2) is 0 Å². The van der Waals surface area contributed by atoms with Crippen LogP contribution in [0.1, 0.15) is 123 Å². The summed E-state index contributed by atoms with van der Waals surface area (Å²) in [6, 6.07) is 16.2. The Hall–Kier alpha value is -11.2. The summed E-state index contributed by atoms with van der Waals surface area (Å²) in [6.07, 6.45) is -1.41. The molecule has 2 aromatic heterocycles. The lowest BCUT2D eigenvalue weighted by Crippen LogP contribution is -2.57. The second kappa shape index (κ2) is 39.1. The molecule has 6 aromatic rings. The summed E-state index contributed by atoms with van der Waals surface area (Å²) in [6.45, 7) is 15.6. The Labute approximate surface area is 647 Å². The molecule has 4 aromatic carbocycles. The Morgan fingerprint density at radius 1 is 0.455 bits per heavy atom. The van der Waals surface area contributed by atoms with E-state index in [2.05, 4.69) is 51.5 Å². The highest BCUT2D eigenvalue weighted by Gasteiger charge is 2.36. The maximum absolute atomic E-state index is 14.6. The summed E-state index contributed by atoms with van der Waals surface area (Å²) in [4.78, 5) is 147. The zero-order valence-corrected chi connectivity index (χ0v) is 64.1. The number of aromatic hydroxyl groups is 4. The molecule has 0 aliphatic carbocycles. The number of hydrogen-bond acceptors (Lipinski definition) is 24. The lowest BCUT2D eigenvalue weighted by Gasteiger charge is -2.36. The molecule has 112 heavy (non-hydrogen) atoms. The monoisotopic (exact) mass is 1550 g/mol. The molecule has 0 radical (unpaired) electrons. The smallest absolute Gasteiger partial charge is 0.320 e. The first-order valence-corrected chi connectivity index (χ1v) is 37.6. The Balaban J connectivity index is 0.874. The topological polar surface area (TPSA) is 468 Å². The molecule has 3 saturated heterocycles. The van der Waals surface area contributed by atoms with Crippen molar-refractivity contribution in [3.8, 4) is 57.1 Å². The number of aliphatic carboxylic acids is 4. The number of carboxylic acids is 4. The Kier molecular flexibility index (Phi) is 29.6. The number of amides is 6. The number of carbonyl (C=O) groups excluding carboxylic acids is 6. The van der Waals surface area contributed by atoms with Crippen molar-refractivity contribution >= 4 is 59.3 Å². The van der Waals surface area contributed by atoms with Gasteiger partial charge in [-0.15, -0.1) is 20.4 Å². The van der Waals surface area contributed by atoms with Crippen LogP contribution in [0, 0.1) is 0 Å². The molecular formula is C76H102N18O18. The highest BCUT2D eigenvalue weighted by atomic mass is 16.4. The first kappa shape index (κ1) is 84.8. The normalized spacial score (nSPS) is 16.4. The SMILES string of the molecule is CCNC(=O)c1nnc(-c2cc(C(C)C)c(O)cc2O)n1-c1ccc(CN2CCN(C(=O)C[C@@H](NC(=O)CC[C@H](C(=O)O)N3CCN(CC(=O)O)CCN(CC(=O)O)CCN(CC(=O)O)CC3)C(=O)N[C@@H](C)C(=O)N3CCN(Cc4ccc(-n5c(C(=O)NCC)nnc5-c5cc(C(C)C)c(O)cc5O)cc4)CC3)CC2)cc1. The van der Waals surface area contributed by atoms with Crippen LogP contribution in [0.25, 0.3) is 34.2 Å². The molecule has 0 unspecified atom stereocenters. The maximum atomic E-state index is 14.6. The molecular weight excluding hydrogens is 1450 g/mol. The van der Waals surface area contributed by atoms with Crippen LogP contribution >= 0.6 is 0 Å². The third kappa shape index (κ3) is 22.3. The fourth-order valence-corrected chi connectivity index (χ4v) is 14.0. The van der Waals surface area contributed by atoms with E-state index in [1.54, 1.807) is 64.9 Å². The van der Waals surface area contributed by atoms with E-state index in [0.29, 0.717) is 74.9 Å². The molecule has 12 N–H and O–H groups in total. The van der Waals surface area contributed by atoms with E-state index in [0.717, 1.165) is 11.1 Å². The van der Waals surface area contributed by atoms with Gasteiger partial charge in [0.05, 0.1) is 37.2 Å². The summed E-state index contributed by atoms with van der Waals surface area (Å²) < 4.78 is 3.06. The number of carboxylic acid groups (broad SMARTS) is 4. The fourth-order valence-electron chi connectivity index (χ4n) is 14.0. The largest absolute Gasteiger partial charge is 0.508 e. The van der Waals surface area contributed by atoms with Crippen molar-refractivity contribution in [1.29, 1.82) is 0 Å². The van der Waals surface area contributed by atoms with Crippen molar-refractivity contribution in [1.82, 2.24) is 90.0 Å². The van der Waals surface area contributed by atoms with Crippen molar-refractivity contribution < 1.29 is 88.8 Å². The third-order valence-corrected chi connectivity index (χ3v) is 20.1. The quantitative estimate of drug-likeness (QED) is 0.0295. The number of benzene rings is 4. The summed E-state index contributed by atoms with van der Waals surface area (Å²) in [7, 11) is 0. The zero-order valence-electron chi connectivity index (χ0n) is 64.1. The summed E-state index contributed by atoms with van der Waals surface area (Å²) in [5, 5.41) is 111. The van der Waals surface area contributed by atoms with Gasteiger partial charge in [0, 0.05) is 161 Å². The van der Waals surface area contributed by atoms with Crippen molar-refractivity contribution in [2.45, 2.75) is 111 Å². The van der Waals surface area contributed by atoms with Gasteiger partial charge in [-0.3, -0.25) is 86.5 Å². The average molecular weight is 1560 g/mol. The van der Waals surface area contributed by atoms with Crippen LogP contribution in [0.2, 0.25) is 0 Å². The van der Waals surface area contributed by atoms with Crippen LogP contribution in [0.5, 0.6) is 23.0 Å². The lowest BCUT2D eigenvalue weighted by atomic mass is 9.98.